The van der Waals surface area contributed by atoms with E-state index >= 15 is 0 Å². The predicted octanol–water partition coefficient (Wildman–Crippen LogP) is 2.52. The Morgan fingerprint density at radius 3 is 1.86 bits per heavy atom. The SMILES string of the molecule is CCCCc1cc(CCC(=O)OCC(CO)(CO)CO)cc(CCCC)c1O. The van der Waals surface area contributed by atoms with E-state index in [1.165, 1.54) is 0 Å². The Labute approximate surface area is 168 Å². The predicted molar refractivity (Wildman–Crippen MR) is 108 cm³/mol. The lowest BCUT2D eigenvalue weighted by atomic mass is 9.92. The van der Waals surface area contributed by atoms with Crippen LogP contribution in [-0.4, -0.2) is 52.8 Å². The lowest BCUT2D eigenvalue weighted by Gasteiger charge is -2.26. The highest BCUT2D eigenvalue weighted by Gasteiger charge is 2.30. The lowest BCUT2D eigenvalue weighted by molar-refractivity contribution is -0.151. The van der Waals surface area contributed by atoms with E-state index in [1.54, 1.807) is 0 Å². The number of unbranched alkanes of at least 4 members (excludes halogenated alkanes) is 2. The van der Waals surface area contributed by atoms with Gasteiger partial charge in [-0.3, -0.25) is 4.79 Å². The van der Waals surface area contributed by atoms with Crippen LogP contribution in [0.4, 0.5) is 0 Å². The van der Waals surface area contributed by atoms with Gasteiger partial charge < -0.3 is 25.2 Å². The van der Waals surface area contributed by atoms with Crippen LogP contribution in [0.2, 0.25) is 0 Å². The Morgan fingerprint density at radius 2 is 1.43 bits per heavy atom. The maximum atomic E-state index is 12.1. The number of aryl methyl sites for hydroxylation is 3. The van der Waals surface area contributed by atoms with Crippen LogP contribution >= 0.6 is 0 Å². The summed E-state index contributed by atoms with van der Waals surface area (Å²) in [6.07, 6.45) is 6.35. The van der Waals surface area contributed by atoms with Crippen molar-refractivity contribution in [2.24, 2.45) is 5.41 Å². The van der Waals surface area contributed by atoms with E-state index < -0.39 is 31.2 Å². The summed E-state index contributed by atoms with van der Waals surface area (Å²) < 4.78 is 5.15. The van der Waals surface area contributed by atoms with E-state index in [4.69, 9.17) is 4.74 Å². The first-order chi connectivity index (χ1) is 13.4. The number of carbonyl (C=O) groups is 1. The lowest BCUT2D eigenvalue weighted by Crippen LogP contribution is -2.39. The number of aliphatic hydroxyl groups is 3. The summed E-state index contributed by atoms with van der Waals surface area (Å²) in [5.74, 6) is -0.0649. The van der Waals surface area contributed by atoms with E-state index in [-0.39, 0.29) is 13.0 Å². The molecule has 0 heterocycles. The van der Waals surface area contributed by atoms with Crippen molar-refractivity contribution >= 4 is 5.97 Å². The molecule has 0 aromatic heterocycles. The van der Waals surface area contributed by atoms with Crippen LogP contribution in [0.3, 0.4) is 0 Å². The Balaban J connectivity index is 2.77. The summed E-state index contributed by atoms with van der Waals surface area (Å²) in [5, 5.41) is 38.4. The minimum atomic E-state index is -1.21. The topological polar surface area (TPSA) is 107 Å². The van der Waals surface area contributed by atoms with Crippen LogP contribution in [-0.2, 0) is 28.8 Å². The highest BCUT2D eigenvalue weighted by Crippen LogP contribution is 2.28. The Kier molecular flexibility index (Phi) is 11.1. The van der Waals surface area contributed by atoms with Gasteiger partial charge in [-0.25, -0.2) is 0 Å². The fourth-order valence-corrected chi connectivity index (χ4v) is 2.93. The van der Waals surface area contributed by atoms with Gasteiger partial charge in [-0.1, -0.05) is 38.8 Å². The van der Waals surface area contributed by atoms with Gasteiger partial charge in [0.25, 0.3) is 0 Å². The standard InChI is InChI=1S/C22H36O6/c1-3-5-7-18-11-17(12-19(21(18)27)8-6-4-2)9-10-20(26)28-16-22(13-23,14-24)15-25/h11-12,23-25,27H,3-10,13-16H2,1-2H3. The monoisotopic (exact) mass is 396 g/mol. The second kappa shape index (κ2) is 12.8. The van der Waals surface area contributed by atoms with Crippen LogP contribution in [0.25, 0.3) is 0 Å². The molecule has 0 atom stereocenters. The van der Waals surface area contributed by atoms with Crippen molar-refractivity contribution in [2.75, 3.05) is 26.4 Å². The normalized spacial score (nSPS) is 11.6. The number of aromatic hydroxyl groups is 1. The van der Waals surface area contributed by atoms with Crippen molar-refractivity contribution < 1.29 is 30.0 Å². The fraction of sp³-hybridized carbons (Fsp3) is 0.682. The van der Waals surface area contributed by atoms with Crippen LogP contribution < -0.4 is 0 Å². The molecule has 0 unspecified atom stereocenters. The van der Waals surface area contributed by atoms with Gasteiger partial charge in [0.2, 0.25) is 0 Å². The number of benzene rings is 1. The van der Waals surface area contributed by atoms with Gasteiger partial charge >= 0.3 is 5.97 Å². The zero-order valence-electron chi connectivity index (χ0n) is 17.2. The molecule has 0 amide bonds. The van der Waals surface area contributed by atoms with E-state index in [9.17, 15) is 25.2 Å². The molecule has 0 spiro atoms. The Morgan fingerprint density at radius 1 is 0.929 bits per heavy atom. The minimum absolute atomic E-state index is 0.156. The molecule has 1 aromatic rings. The van der Waals surface area contributed by atoms with E-state index in [2.05, 4.69) is 13.8 Å². The molecule has 0 saturated heterocycles. The number of carbonyl (C=O) groups excluding carboxylic acids is 1. The molecule has 0 aliphatic rings. The van der Waals surface area contributed by atoms with Crippen molar-refractivity contribution in [1.29, 1.82) is 0 Å². The Bertz CT molecular complexity index is 557. The summed E-state index contributed by atoms with van der Waals surface area (Å²) in [5.41, 5.74) is 1.64. The summed E-state index contributed by atoms with van der Waals surface area (Å²) in [7, 11) is 0. The molecule has 6 nitrogen and oxygen atoms in total. The molecule has 0 aliphatic heterocycles. The highest BCUT2D eigenvalue weighted by molar-refractivity contribution is 5.69. The van der Waals surface area contributed by atoms with E-state index in [0.717, 1.165) is 55.2 Å². The molecular weight excluding hydrogens is 360 g/mol. The fourth-order valence-electron chi connectivity index (χ4n) is 2.93. The average molecular weight is 397 g/mol. The van der Waals surface area contributed by atoms with Crippen molar-refractivity contribution in [1.82, 2.24) is 0 Å². The van der Waals surface area contributed by atoms with Gasteiger partial charge in [0, 0.05) is 6.42 Å². The third-order valence-electron chi connectivity index (χ3n) is 5.09. The molecule has 1 rings (SSSR count). The number of aliphatic hydroxyl groups excluding tert-OH is 3. The third kappa shape index (κ3) is 7.41. The second-order valence-corrected chi connectivity index (χ2v) is 7.60. The number of hydrogen-bond donors (Lipinski definition) is 4. The van der Waals surface area contributed by atoms with Gasteiger partial charge in [0.15, 0.2) is 0 Å². The molecule has 0 radical (unpaired) electrons. The van der Waals surface area contributed by atoms with Crippen LogP contribution in [0.1, 0.15) is 62.6 Å². The summed E-state index contributed by atoms with van der Waals surface area (Å²) >= 11 is 0. The van der Waals surface area contributed by atoms with E-state index in [0.29, 0.717) is 12.2 Å². The summed E-state index contributed by atoms with van der Waals surface area (Å²) in [6.45, 7) is 2.60. The number of esters is 1. The molecule has 6 heteroatoms. The summed E-state index contributed by atoms with van der Waals surface area (Å²) in [4.78, 5) is 12.1. The molecule has 160 valence electrons. The zero-order valence-corrected chi connectivity index (χ0v) is 17.2. The molecule has 0 fully saturated rings. The Hall–Kier alpha value is -1.63. The number of phenols is 1. The number of ether oxygens (including phenoxy) is 1. The number of hydrogen-bond acceptors (Lipinski definition) is 6. The maximum Gasteiger partial charge on any atom is 0.306 e. The molecule has 0 bridgehead atoms. The molecular formula is C22H36O6. The molecule has 4 N–H and O–H groups in total. The van der Waals surface area contributed by atoms with Crippen molar-refractivity contribution in [3.63, 3.8) is 0 Å². The maximum absolute atomic E-state index is 12.1. The molecule has 0 aliphatic carbocycles. The molecule has 1 aromatic carbocycles. The summed E-state index contributed by atoms with van der Waals surface area (Å²) in [6, 6.07) is 3.93. The zero-order chi connectivity index (χ0) is 21.0. The molecule has 28 heavy (non-hydrogen) atoms. The first-order valence-corrected chi connectivity index (χ1v) is 10.3. The van der Waals surface area contributed by atoms with Crippen LogP contribution in [0.5, 0.6) is 5.75 Å². The van der Waals surface area contributed by atoms with Crippen molar-refractivity contribution in [2.45, 2.75) is 65.2 Å². The number of rotatable bonds is 14. The third-order valence-corrected chi connectivity index (χ3v) is 5.09. The second-order valence-electron chi connectivity index (χ2n) is 7.60. The highest BCUT2D eigenvalue weighted by atomic mass is 16.5. The minimum Gasteiger partial charge on any atom is -0.507 e. The smallest absolute Gasteiger partial charge is 0.306 e. The molecule has 0 saturated carbocycles. The largest absolute Gasteiger partial charge is 0.507 e. The number of phenolic OH excluding ortho intramolecular Hbond substituents is 1. The first-order valence-electron chi connectivity index (χ1n) is 10.3. The van der Waals surface area contributed by atoms with Crippen molar-refractivity contribution in [3.8, 4) is 5.75 Å². The first kappa shape index (κ1) is 24.4. The van der Waals surface area contributed by atoms with E-state index in [1.807, 2.05) is 12.1 Å². The van der Waals surface area contributed by atoms with Gasteiger partial charge in [0.1, 0.15) is 12.4 Å². The van der Waals surface area contributed by atoms with Crippen LogP contribution in [0, 0.1) is 5.41 Å². The average Bonchev–Trinajstić information content (AvgIpc) is 2.72. The van der Waals surface area contributed by atoms with Crippen molar-refractivity contribution in [3.05, 3.63) is 28.8 Å². The van der Waals surface area contributed by atoms with Gasteiger partial charge in [0.05, 0.1) is 25.2 Å². The van der Waals surface area contributed by atoms with Gasteiger partial charge in [-0.05, 0) is 48.8 Å². The van der Waals surface area contributed by atoms with Gasteiger partial charge in [-0.2, -0.15) is 0 Å². The van der Waals surface area contributed by atoms with Crippen LogP contribution in [0.15, 0.2) is 12.1 Å². The quantitative estimate of drug-likeness (QED) is 0.360. The van der Waals surface area contributed by atoms with Gasteiger partial charge in [-0.15, -0.1) is 0 Å².